The highest BCUT2D eigenvalue weighted by Crippen LogP contribution is 2.20. The molecule has 4 nitrogen and oxygen atoms in total. The van der Waals surface area contributed by atoms with Crippen LogP contribution in [0, 0.1) is 0 Å². The van der Waals surface area contributed by atoms with Gasteiger partial charge in [0.25, 0.3) is 0 Å². The van der Waals surface area contributed by atoms with Crippen molar-refractivity contribution >= 4 is 0 Å². The highest BCUT2D eigenvalue weighted by atomic mass is 15.3. The molecule has 0 aliphatic carbocycles. The molecule has 1 atom stereocenters. The summed E-state index contributed by atoms with van der Waals surface area (Å²) < 4.78 is 0. The van der Waals surface area contributed by atoms with Gasteiger partial charge < -0.3 is 15.5 Å². The zero-order valence-electron chi connectivity index (χ0n) is 12.0. The molecule has 1 unspecified atom stereocenters. The minimum Gasteiger partial charge on any atom is -0.330 e. The number of nitrogens with two attached hydrogens (primary N) is 1. The van der Waals surface area contributed by atoms with E-state index in [1.165, 1.54) is 38.3 Å². The van der Waals surface area contributed by atoms with E-state index in [9.17, 15) is 0 Å². The molecule has 0 aromatic carbocycles. The highest BCUT2D eigenvalue weighted by molar-refractivity contribution is 5.16. The smallest absolute Gasteiger partial charge is 0.0270 e. The molecule has 4 heteroatoms. The molecule has 1 fully saturated rings. The molecule has 0 spiro atoms. The summed E-state index contributed by atoms with van der Waals surface area (Å²) in [5.74, 6) is 0.543. The summed E-state index contributed by atoms with van der Waals surface area (Å²) in [6.07, 6.45) is 4.82. The van der Waals surface area contributed by atoms with Crippen molar-refractivity contribution < 1.29 is 0 Å². The van der Waals surface area contributed by atoms with Gasteiger partial charge in [-0.15, -0.1) is 0 Å². The summed E-state index contributed by atoms with van der Waals surface area (Å²) in [7, 11) is 0. The van der Waals surface area contributed by atoms with Gasteiger partial charge in [-0.05, 0) is 43.1 Å². The molecule has 0 radical (unpaired) electrons. The van der Waals surface area contributed by atoms with Gasteiger partial charge >= 0.3 is 0 Å². The normalized spacial score (nSPS) is 19.5. The average Bonchev–Trinajstić information content (AvgIpc) is 2.48. The first-order valence-corrected chi connectivity index (χ1v) is 7.38. The van der Waals surface area contributed by atoms with Crippen LogP contribution >= 0.6 is 0 Å². The van der Waals surface area contributed by atoms with E-state index < -0.39 is 0 Å². The zero-order chi connectivity index (χ0) is 13.5. The van der Waals surface area contributed by atoms with Gasteiger partial charge in [0.2, 0.25) is 0 Å². The molecule has 2 heterocycles. The molecule has 2 rings (SSSR count). The predicted molar refractivity (Wildman–Crippen MR) is 79.2 cm³/mol. The van der Waals surface area contributed by atoms with Crippen molar-refractivity contribution in [3.05, 3.63) is 30.1 Å². The summed E-state index contributed by atoms with van der Waals surface area (Å²) in [6, 6.07) is 4.26. The van der Waals surface area contributed by atoms with E-state index in [0.717, 1.165) is 19.5 Å². The van der Waals surface area contributed by atoms with Gasteiger partial charge in [0, 0.05) is 45.1 Å². The standard InChI is InChI=1S/C15H26N4/c1-2-18-9-11-19(12-10-18)13-15(3-6-16)14-4-7-17-8-5-14/h4-5,7-8,15H,2-3,6,9-13,16H2,1H3. The number of pyridine rings is 1. The van der Waals surface area contributed by atoms with Gasteiger partial charge in [-0.3, -0.25) is 4.98 Å². The van der Waals surface area contributed by atoms with Gasteiger partial charge in [0.1, 0.15) is 0 Å². The van der Waals surface area contributed by atoms with Crippen LogP contribution in [0.4, 0.5) is 0 Å². The summed E-state index contributed by atoms with van der Waals surface area (Å²) in [6.45, 7) is 10.0. The molecule has 1 aromatic heterocycles. The Bertz CT molecular complexity index is 346. The van der Waals surface area contributed by atoms with Crippen LogP contribution in [-0.2, 0) is 0 Å². The Hall–Kier alpha value is -0.970. The molecule has 106 valence electrons. The second kappa shape index (κ2) is 7.58. The maximum absolute atomic E-state index is 5.77. The first-order chi connectivity index (χ1) is 9.33. The molecule has 1 aliphatic rings. The van der Waals surface area contributed by atoms with E-state index in [1.54, 1.807) is 0 Å². The van der Waals surface area contributed by atoms with Crippen LogP contribution in [0.5, 0.6) is 0 Å². The third-order valence-electron chi connectivity index (χ3n) is 4.08. The van der Waals surface area contributed by atoms with Crippen molar-refractivity contribution in [2.75, 3.05) is 45.8 Å². The van der Waals surface area contributed by atoms with Crippen molar-refractivity contribution in [3.8, 4) is 0 Å². The van der Waals surface area contributed by atoms with Crippen molar-refractivity contribution in [1.82, 2.24) is 14.8 Å². The van der Waals surface area contributed by atoms with Crippen LogP contribution in [0.2, 0.25) is 0 Å². The quantitative estimate of drug-likeness (QED) is 0.835. The number of rotatable bonds is 6. The molecular weight excluding hydrogens is 236 g/mol. The second-order valence-electron chi connectivity index (χ2n) is 5.29. The maximum Gasteiger partial charge on any atom is 0.0270 e. The van der Waals surface area contributed by atoms with Crippen molar-refractivity contribution in [3.63, 3.8) is 0 Å². The lowest BCUT2D eigenvalue weighted by Gasteiger charge is -2.36. The number of hydrogen-bond donors (Lipinski definition) is 1. The molecule has 0 amide bonds. The molecule has 0 bridgehead atoms. The third-order valence-corrected chi connectivity index (χ3v) is 4.08. The fourth-order valence-electron chi connectivity index (χ4n) is 2.80. The van der Waals surface area contributed by atoms with E-state index in [4.69, 9.17) is 5.73 Å². The lowest BCUT2D eigenvalue weighted by molar-refractivity contribution is 0.130. The van der Waals surface area contributed by atoms with E-state index in [2.05, 4.69) is 33.8 Å². The van der Waals surface area contributed by atoms with Crippen molar-refractivity contribution in [2.24, 2.45) is 5.73 Å². The van der Waals surface area contributed by atoms with Crippen LogP contribution in [-0.4, -0.2) is 60.6 Å². The summed E-state index contributed by atoms with van der Waals surface area (Å²) in [5, 5.41) is 0. The van der Waals surface area contributed by atoms with Gasteiger partial charge in [-0.2, -0.15) is 0 Å². The lowest BCUT2D eigenvalue weighted by Crippen LogP contribution is -2.47. The van der Waals surface area contributed by atoms with Crippen LogP contribution < -0.4 is 5.73 Å². The fourth-order valence-corrected chi connectivity index (χ4v) is 2.80. The SMILES string of the molecule is CCN1CCN(CC(CCN)c2ccncc2)CC1. The van der Waals surface area contributed by atoms with Gasteiger partial charge in [-0.1, -0.05) is 6.92 Å². The van der Waals surface area contributed by atoms with Crippen LogP contribution in [0.1, 0.15) is 24.8 Å². The topological polar surface area (TPSA) is 45.4 Å². The second-order valence-corrected chi connectivity index (χ2v) is 5.29. The highest BCUT2D eigenvalue weighted by Gasteiger charge is 2.19. The van der Waals surface area contributed by atoms with Crippen molar-refractivity contribution in [2.45, 2.75) is 19.3 Å². The Labute approximate surface area is 116 Å². The van der Waals surface area contributed by atoms with Crippen molar-refractivity contribution in [1.29, 1.82) is 0 Å². The molecule has 2 N–H and O–H groups in total. The Balaban J connectivity index is 1.91. The number of nitrogens with zero attached hydrogens (tertiary/aromatic N) is 3. The lowest BCUT2D eigenvalue weighted by atomic mass is 9.96. The first kappa shape index (κ1) is 14.4. The fraction of sp³-hybridized carbons (Fsp3) is 0.667. The van der Waals surface area contributed by atoms with Gasteiger partial charge in [0.15, 0.2) is 0 Å². The monoisotopic (exact) mass is 262 g/mol. The minimum absolute atomic E-state index is 0.543. The Morgan fingerprint density at radius 2 is 1.79 bits per heavy atom. The Morgan fingerprint density at radius 3 is 2.37 bits per heavy atom. The average molecular weight is 262 g/mol. The summed E-state index contributed by atoms with van der Waals surface area (Å²) in [5.41, 5.74) is 7.15. The minimum atomic E-state index is 0.543. The van der Waals surface area contributed by atoms with E-state index in [-0.39, 0.29) is 0 Å². The molecule has 1 aromatic rings. The van der Waals surface area contributed by atoms with Crippen LogP contribution in [0.25, 0.3) is 0 Å². The predicted octanol–water partition coefficient (Wildman–Crippen LogP) is 1.15. The van der Waals surface area contributed by atoms with E-state index in [1.807, 2.05) is 12.4 Å². The number of aromatic nitrogens is 1. The number of piperazine rings is 1. The molecule has 1 saturated heterocycles. The number of likely N-dealkylation sites (N-methyl/N-ethyl adjacent to an activating group) is 1. The summed E-state index contributed by atoms with van der Waals surface area (Å²) in [4.78, 5) is 9.20. The van der Waals surface area contributed by atoms with E-state index in [0.29, 0.717) is 5.92 Å². The zero-order valence-corrected chi connectivity index (χ0v) is 12.0. The van der Waals surface area contributed by atoms with Gasteiger partial charge in [0.05, 0.1) is 0 Å². The van der Waals surface area contributed by atoms with E-state index >= 15 is 0 Å². The third kappa shape index (κ3) is 4.27. The Kier molecular flexibility index (Phi) is 5.76. The van der Waals surface area contributed by atoms with Crippen LogP contribution in [0.3, 0.4) is 0 Å². The molecular formula is C15H26N4. The first-order valence-electron chi connectivity index (χ1n) is 7.38. The maximum atomic E-state index is 5.77. The molecule has 19 heavy (non-hydrogen) atoms. The number of hydrogen-bond acceptors (Lipinski definition) is 4. The molecule has 1 aliphatic heterocycles. The molecule has 0 saturated carbocycles. The largest absolute Gasteiger partial charge is 0.330 e. The Morgan fingerprint density at radius 1 is 1.16 bits per heavy atom. The summed E-state index contributed by atoms with van der Waals surface area (Å²) >= 11 is 0. The van der Waals surface area contributed by atoms with Crippen LogP contribution in [0.15, 0.2) is 24.5 Å². The van der Waals surface area contributed by atoms with Gasteiger partial charge in [-0.25, -0.2) is 0 Å².